The van der Waals surface area contributed by atoms with E-state index in [2.05, 4.69) is 20.4 Å². The van der Waals surface area contributed by atoms with Crippen molar-refractivity contribution in [2.24, 2.45) is 0 Å². The van der Waals surface area contributed by atoms with Crippen LogP contribution in [0.4, 0.5) is 5.69 Å². The van der Waals surface area contributed by atoms with Gasteiger partial charge in [0.15, 0.2) is 0 Å². The molecule has 5 rings (SSSR count). The number of nitrogens with zero attached hydrogens (tertiary/aromatic N) is 4. The van der Waals surface area contributed by atoms with Crippen LogP contribution >= 0.6 is 22.9 Å². The van der Waals surface area contributed by atoms with Crippen LogP contribution in [0.25, 0.3) is 10.2 Å². The van der Waals surface area contributed by atoms with Crippen LogP contribution in [0.1, 0.15) is 26.5 Å². The van der Waals surface area contributed by atoms with Crippen LogP contribution < -0.4 is 10.1 Å². The van der Waals surface area contributed by atoms with E-state index in [9.17, 15) is 4.79 Å². The Balaban J connectivity index is 1.35. The lowest BCUT2D eigenvalue weighted by atomic mass is 10.2. The molecule has 0 aliphatic heterocycles. The van der Waals surface area contributed by atoms with E-state index in [0.717, 1.165) is 27.0 Å². The number of hydrogen-bond donors (Lipinski definition) is 1. The number of carbonyl (C=O) groups excluding carboxylic acids is 1. The monoisotopic (exact) mass is 489 g/mol. The number of aromatic nitrogens is 4. The van der Waals surface area contributed by atoms with E-state index in [-0.39, 0.29) is 11.9 Å². The number of halogens is 1. The Kier molecular flexibility index (Phi) is 6.00. The highest BCUT2D eigenvalue weighted by Crippen LogP contribution is 2.31. The van der Waals surface area contributed by atoms with Crippen molar-refractivity contribution in [3.8, 4) is 11.8 Å². The summed E-state index contributed by atoms with van der Waals surface area (Å²) in [6.07, 6.45) is 3.23. The summed E-state index contributed by atoms with van der Waals surface area (Å²) in [6.45, 7) is 4.39. The zero-order valence-corrected chi connectivity index (χ0v) is 20.0. The molecule has 0 bridgehead atoms. The van der Waals surface area contributed by atoms with Crippen LogP contribution in [0, 0.1) is 13.8 Å². The second kappa shape index (κ2) is 9.24. The summed E-state index contributed by atoms with van der Waals surface area (Å²) in [5.74, 6) is 0.423. The first-order chi connectivity index (χ1) is 16.5. The molecular formula is C25H20ClN5O2S. The van der Waals surface area contributed by atoms with E-state index in [0.29, 0.717) is 27.9 Å². The summed E-state index contributed by atoms with van der Waals surface area (Å²) >= 11 is 7.74. The average Bonchev–Trinajstić information content (AvgIpc) is 3.39. The Morgan fingerprint density at radius 3 is 2.65 bits per heavy atom. The van der Waals surface area contributed by atoms with Gasteiger partial charge in [0.05, 0.1) is 17.1 Å². The molecular weight excluding hydrogens is 470 g/mol. The zero-order chi connectivity index (χ0) is 23.7. The minimum Gasteiger partial charge on any atom is -0.424 e. The number of nitrogens with one attached hydrogen (secondary N) is 1. The largest absolute Gasteiger partial charge is 0.424 e. The smallest absolute Gasteiger partial charge is 0.321 e. The molecule has 0 saturated carbocycles. The quantitative estimate of drug-likeness (QED) is 0.305. The Morgan fingerprint density at radius 1 is 1.09 bits per heavy atom. The number of benzene rings is 2. The summed E-state index contributed by atoms with van der Waals surface area (Å²) in [7, 11) is 0. The number of fused-ring (bicyclic) bond motifs is 1. The second-order valence-electron chi connectivity index (χ2n) is 7.73. The first kappa shape index (κ1) is 22.1. The molecule has 0 radical (unpaired) electrons. The number of aryl methyl sites for hydroxylation is 2. The maximum atomic E-state index is 13.0. The van der Waals surface area contributed by atoms with Gasteiger partial charge in [-0.2, -0.15) is 5.10 Å². The van der Waals surface area contributed by atoms with Crippen molar-refractivity contribution in [2.45, 2.75) is 20.4 Å². The highest BCUT2D eigenvalue weighted by Gasteiger charge is 2.18. The molecule has 170 valence electrons. The standard InChI is InChI=1S/C25H20ClN5O2S/c1-15-12-18(33-25-27-10-5-11-28-25)8-9-21(15)29-23(32)22-13-19-16(2)30-31(24(19)34-22)14-17-6-3-4-7-20(17)26/h3-13H,14H2,1-2H3,(H,29,32). The predicted octanol–water partition coefficient (Wildman–Crippen LogP) is 6.25. The van der Waals surface area contributed by atoms with Gasteiger partial charge in [0.2, 0.25) is 0 Å². The first-order valence-corrected chi connectivity index (χ1v) is 11.7. The SMILES string of the molecule is Cc1cc(Oc2ncccn2)ccc1NC(=O)c1cc2c(C)nn(Cc3ccccc3Cl)c2s1. The Hall–Kier alpha value is -3.75. The van der Waals surface area contributed by atoms with E-state index >= 15 is 0 Å². The number of ether oxygens (including phenoxy) is 1. The molecule has 3 heterocycles. The lowest BCUT2D eigenvalue weighted by Crippen LogP contribution is -2.11. The number of anilines is 1. The van der Waals surface area contributed by atoms with Gasteiger partial charge in [0.1, 0.15) is 10.6 Å². The second-order valence-corrected chi connectivity index (χ2v) is 9.17. The molecule has 2 aromatic carbocycles. The lowest BCUT2D eigenvalue weighted by molar-refractivity contribution is 0.103. The third kappa shape index (κ3) is 4.50. The molecule has 34 heavy (non-hydrogen) atoms. The van der Waals surface area contributed by atoms with Gasteiger partial charge in [-0.25, -0.2) is 9.97 Å². The molecule has 0 fully saturated rings. The molecule has 1 amide bonds. The normalized spacial score (nSPS) is 11.0. The van der Waals surface area contributed by atoms with Gasteiger partial charge in [0.25, 0.3) is 5.91 Å². The fraction of sp³-hybridized carbons (Fsp3) is 0.120. The summed E-state index contributed by atoms with van der Waals surface area (Å²) in [5.41, 5.74) is 3.42. The highest BCUT2D eigenvalue weighted by atomic mass is 35.5. The van der Waals surface area contributed by atoms with Crippen LogP contribution in [0.15, 0.2) is 67.0 Å². The molecule has 0 saturated heterocycles. The van der Waals surface area contributed by atoms with Crippen molar-refractivity contribution in [3.63, 3.8) is 0 Å². The van der Waals surface area contributed by atoms with Crippen molar-refractivity contribution in [2.75, 3.05) is 5.32 Å². The molecule has 0 unspecified atom stereocenters. The van der Waals surface area contributed by atoms with E-state index in [1.165, 1.54) is 11.3 Å². The van der Waals surface area contributed by atoms with Gasteiger partial charge in [-0.15, -0.1) is 11.3 Å². The fourth-order valence-corrected chi connectivity index (χ4v) is 4.84. The van der Waals surface area contributed by atoms with Crippen LogP contribution in [0.3, 0.4) is 0 Å². The van der Waals surface area contributed by atoms with Crippen LogP contribution in [0.2, 0.25) is 5.02 Å². The van der Waals surface area contributed by atoms with Crippen LogP contribution in [0.5, 0.6) is 11.8 Å². The molecule has 0 aliphatic carbocycles. The van der Waals surface area contributed by atoms with E-state index in [4.69, 9.17) is 16.3 Å². The van der Waals surface area contributed by atoms with Crippen molar-refractivity contribution in [1.82, 2.24) is 19.7 Å². The molecule has 3 aromatic heterocycles. The van der Waals surface area contributed by atoms with Gasteiger partial charge in [-0.05, 0) is 61.4 Å². The lowest BCUT2D eigenvalue weighted by Gasteiger charge is -2.10. The minimum atomic E-state index is -0.173. The third-order valence-corrected chi connectivity index (χ3v) is 6.82. The van der Waals surface area contributed by atoms with Crippen molar-refractivity contribution >= 4 is 44.7 Å². The third-order valence-electron chi connectivity index (χ3n) is 5.31. The van der Waals surface area contributed by atoms with Gasteiger partial charge in [-0.3, -0.25) is 9.48 Å². The number of carbonyl (C=O) groups is 1. The van der Waals surface area contributed by atoms with Crippen LogP contribution in [-0.4, -0.2) is 25.7 Å². The number of hydrogen-bond acceptors (Lipinski definition) is 6. The maximum absolute atomic E-state index is 13.0. The van der Waals surface area contributed by atoms with Crippen molar-refractivity contribution < 1.29 is 9.53 Å². The van der Waals surface area contributed by atoms with Gasteiger partial charge >= 0.3 is 6.01 Å². The molecule has 1 N–H and O–H groups in total. The number of amides is 1. The average molecular weight is 490 g/mol. The topological polar surface area (TPSA) is 81.9 Å². The van der Waals surface area contributed by atoms with Gasteiger partial charge in [-0.1, -0.05) is 29.8 Å². The summed E-state index contributed by atoms with van der Waals surface area (Å²) in [4.78, 5) is 22.7. The Morgan fingerprint density at radius 2 is 1.88 bits per heavy atom. The molecule has 7 nitrogen and oxygen atoms in total. The molecule has 0 aliphatic rings. The van der Waals surface area contributed by atoms with Gasteiger partial charge < -0.3 is 10.1 Å². The van der Waals surface area contributed by atoms with Crippen LogP contribution in [-0.2, 0) is 6.54 Å². The van der Waals surface area contributed by atoms with Crippen molar-refractivity contribution in [1.29, 1.82) is 0 Å². The van der Waals surface area contributed by atoms with E-state index < -0.39 is 0 Å². The Labute approximate surface area is 205 Å². The summed E-state index contributed by atoms with van der Waals surface area (Å²) < 4.78 is 7.56. The maximum Gasteiger partial charge on any atom is 0.321 e. The first-order valence-electron chi connectivity index (χ1n) is 10.5. The molecule has 9 heteroatoms. The molecule has 0 atom stereocenters. The Bertz CT molecular complexity index is 1500. The highest BCUT2D eigenvalue weighted by molar-refractivity contribution is 7.20. The van der Waals surface area contributed by atoms with Gasteiger partial charge in [0, 0.05) is 28.5 Å². The number of thiophene rings is 1. The molecule has 0 spiro atoms. The zero-order valence-electron chi connectivity index (χ0n) is 18.4. The minimum absolute atomic E-state index is 0.173. The van der Waals surface area contributed by atoms with E-state index in [1.807, 2.05) is 61.0 Å². The predicted molar refractivity (Wildman–Crippen MR) is 134 cm³/mol. The molecule has 5 aromatic rings. The summed E-state index contributed by atoms with van der Waals surface area (Å²) in [6, 6.07) is 17.0. The summed E-state index contributed by atoms with van der Waals surface area (Å²) in [5, 5.41) is 9.30. The van der Waals surface area contributed by atoms with Crippen molar-refractivity contribution in [3.05, 3.63) is 93.7 Å². The van der Waals surface area contributed by atoms with E-state index in [1.54, 1.807) is 24.5 Å². The fourth-order valence-electron chi connectivity index (χ4n) is 3.59. The number of rotatable bonds is 6.